The molecule has 6 heteroatoms. The lowest BCUT2D eigenvalue weighted by molar-refractivity contribution is -0.151. The van der Waals surface area contributed by atoms with Crippen LogP contribution in [0.3, 0.4) is 0 Å². The summed E-state index contributed by atoms with van der Waals surface area (Å²) in [4.78, 5) is 26.0. The molecule has 0 fully saturated rings. The van der Waals surface area contributed by atoms with Gasteiger partial charge in [-0.2, -0.15) is 0 Å². The fourth-order valence-corrected chi connectivity index (χ4v) is 7.05. The van der Waals surface area contributed by atoms with Crippen molar-refractivity contribution in [3.63, 3.8) is 0 Å². The number of allylic oxidation sites excluding steroid dienone is 12. The minimum atomic E-state index is -0.805. The molecule has 0 saturated heterocycles. The van der Waals surface area contributed by atoms with Crippen molar-refractivity contribution in [3.05, 3.63) is 72.9 Å². The van der Waals surface area contributed by atoms with E-state index in [0.29, 0.717) is 25.7 Å². The van der Waals surface area contributed by atoms with E-state index in [2.05, 4.69) is 99.0 Å². The van der Waals surface area contributed by atoms with Crippen molar-refractivity contribution >= 4 is 11.9 Å². The highest BCUT2D eigenvalue weighted by Gasteiger charge is 2.24. The largest absolute Gasteiger partial charge is 0.462 e. The second kappa shape index (κ2) is 46.4. The number of carbonyl (C=O) groups excluding carboxylic acids is 2. The molecule has 0 aliphatic rings. The van der Waals surface area contributed by atoms with E-state index in [0.717, 1.165) is 77.0 Å². The predicted molar refractivity (Wildman–Crippen MR) is 255 cm³/mol. The standard InChI is InChI=1S/C53H93NO5/c1-4-7-10-13-16-19-22-24-25-26-27-28-31-34-37-40-43-46-53(58)59-49(44-41-38-35-32-30-23-20-17-14-11-8-5-2)47-52(57)54-50(48-55)51(56)45-42-39-36-33-29-21-18-15-12-9-6-3/h7,10,16,19,24-25,27-28,32,34-35,37,49-51,55-56H,4-6,8-9,11-15,17-18,20-23,26,29-31,33,36,38-48H2,1-3H3,(H,54,57)/b10-7-,19-16-,25-24-,28-27-,35-32-,37-34-. The van der Waals surface area contributed by atoms with E-state index < -0.39 is 18.2 Å². The molecule has 3 atom stereocenters. The molecule has 0 bridgehead atoms. The van der Waals surface area contributed by atoms with Gasteiger partial charge in [-0.3, -0.25) is 9.59 Å². The summed E-state index contributed by atoms with van der Waals surface area (Å²) in [6, 6.07) is -0.722. The number of unbranched alkanes of at least 4 members (excludes halogenated alkanes) is 19. The van der Waals surface area contributed by atoms with Crippen molar-refractivity contribution in [1.82, 2.24) is 5.32 Å². The molecule has 0 aromatic rings. The summed E-state index contributed by atoms with van der Waals surface area (Å²) in [5.41, 5.74) is 0. The van der Waals surface area contributed by atoms with Gasteiger partial charge in [0.15, 0.2) is 0 Å². The van der Waals surface area contributed by atoms with Crippen LogP contribution in [0.5, 0.6) is 0 Å². The molecule has 0 aliphatic carbocycles. The summed E-state index contributed by atoms with van der Waals surface area (Å²) >= 11 is 0. The van der Waals surface area contributed by atoms with Gasteiger partial charge in [-0.15, -0.1) is 0 Å². The number of aliphatic hydroxyl groups excluding tert-OH is 2. The maximum atomic E-state index is 13.2. The van der Waals surface area contributed by atoms with Crippen molar-refractivity contribution in [2.75, 3.05) is 6.61 Å². The Balaban J connectivity index is 4.70. The summed E-state index contributed by atoms with van der Waals surface area (Å²) in [5, 5.41) is 23.7. The van der Waals surface area contributed by atoms with Crippen LogP contribution in [-0.4, -0.2) is 46.9 Å². The van der Waals surface area contributed by atoms with Crippen LogP contribution in [0, 0.1) is 0 Å². The van der Waals surface area contributed by atoms with Crippen molar-refractivity contribution in [2.24, 2.45) is 0 Å². The van der Waals surface area contributed by atoms with Crippen LogP contribution in [-0.2, 0) is 14.3 Å². The maximum absolute atomic E-state index is 13.2. The van der Waals surface area contributed by atoms with Crippen LogP contribution in [0.2, 0.25) is 0 Å². The van der Waals surface area contributed by atoms with Crippen LogP contribution in [0.15, 0.2) is 72.9 Å². The van der Waals surface area contributed by atoms with Gasteiger partial charge < -0.3 is 20.3 Å². The maximum Gasteiger partial charge on any atom is 0.306 e. The van der Waals surface area contributed by atoms with Gasteiger partial charge in [0.25, 0.3) is 0 Å². The number of rotatable bonds is 43. The zero-order valence-corrected chi connectivity index (χ0v) is 38.6. The van der Waals surface area contributed by atoms with Gasteiger partial charge in [0, 0.05) is 6.42 Å². The first kappa shape index (κ1) is 56.3. The minimum Gasteiger partial charge on any atom is -0.462 e. The molecule has 0 aromatic carbocycles. The quantitative estimate of drug-likeness (QED) is 0.0323. The van der Waals surface area contributed by atoms with E-state index >= 15 is 0 Å². The van der Waals surface area contributed by atoms with Crippen LogP contribution in [0.25, 0.3) is 0 Å². The van der Waals surface area contributed by atoms with Gasteiger partial charge in [-0.1, -0.05) is 203 Å². The first-order valence-electron chi connectivity index (χ1n) is 24.7. The van der Waals surface area contributed by atoms with Gasteiger partial charge in [0.05, 0.1) is 25.2 Å². The summed E-state index contributed by atoms with van der Waals surface area (Å²) in [5.74, 6) is -0.576. The minimum absolute atomic E-state index is 0.0317. The smallest absolute Gasteiger partial charge is 0.306 e. The van der Waals surface area contributed by atoms with E-state index in [1.54, 1.807) is 0 Å². The molecule has 0 aromatic heterocycles. The zero-order chi connectivity index (χ0) is 43.1. The second-order valence-corrected chi connectivity index (χ2v) is 16.5. The molecule has 3 unspecified atom stereocenters. The normalized spacial score (nSPS) is 13.9. The van der Waals surface area contributed by atoms with E-state index in [9.17, 15) is 19.8 Å². The first-order chi connectivity index (χ1) is 29.0. The number of esters is 1. The van der Waals surface area contributed by atoms with Gasteiger partial charge >= 0.3 is 5.97 Å². The third-order valence-electron chi connectivity index (χ3n) is 10.8. The Morgan fingerprint density at radius 3 is 1.44 bits per heavy atom. The van der Waals surface area contributed by atoms with E-state index in [1.165, 1.54) is 96.3 Å². The fraction of sp³-hybridized carbons (Fsp3) is 0.736. The molecule has 1 amide bonds. The van der Waals surface area contributed by atoms with Gasteiger partial charge in [-0.25, -0.2) is 0 Å². The predicted octanol–water partition coefficient (Wildman–Crippen LogP) is 14.6. The average molecular weight is 824 g/mol. The van der Waals surface area contributed by atoms with Gasteiger partial charge in [-0.05, 0) is 83.5 Å². The first-order valence-corrected chi connectivity index (χ1v) is 24.7. The highest BCUT2D eigenvalue weighted by atomic mass is 16.5. The Kier molecular flexibility index (Phi) is 44.2. The van der Waals surface area contributed by atoms with Gasteiger partial charge in [0.1, 0.15) is 6.10 Å². The third-order valence-corrected chi connectivity index (χ3v) is 10.8. The Morgan fingerprint density at radius 2 is 0.932 bits per heavy atom. The summed E-state index contributed by atoms with van der Waals surface area (Å²) < 4.78 is 5.87. The lowest BCUT2D eigenvalue weighted by Crippen LogP contribution is -2.46. The Bertz CT molecular complexity index is 1110. The molecule has 0 saturated carbocycles. The Morgan fingerprint density at radius 1 is 0.508 bits per heavy atom. The third kappa shape index (κ3) is 41.8. The molecular formula is C53H93NO5. The number of ether oxygens (including phenoxy) is 1. The van der Waals surface area contributed by atoms with Crippen LogP contribution < -0.4 is 5.32 Å². The molecule has 340 valence electrons. The number of amides is 1. The van der Waals surface area contributed by atoms with E-state index in [1.807, 2.05) is 0 Å². The molecule has 0 radical (unpaired) electrons. The van der Waals surface area contributed by atoms with E-state index in [-0.39, 0.29) is 24.9 Å². The second-order valence-electron chi connectivity index (χ2n) is 16.5. The topological polar surface area (TPSA) is 95.9 Å². The molecule has 6 nitrogen and oxygen atoms in total. The Labute approximate surface area is 364 Å². The number of hydrogen-bond donors (Lipinski definition) is 3. The number of hydrogen-bond acceptors (Lipinski definition) is 5. The number of aliphatic hydroxyl groups is 2. The summed E-state index contributed by atoms with van der Waals surface area (Å²) in [6.07, 6.45) is 58.2. The molecule has 3 N–H and O–H groups in total. The number of carbonyl (C=O) groups is 2. The monoisotopic (exact) mass is 824 g/mol. The van der Waals surface area contributed by atoms with Crippen LogP contribution in [0.4, 0.5) is 0 Å². The Hall–Kier alpha value is -2.70. The number of nitrogens with one attached hydrogen (secondary N) is 1. The molecule has 0 heterocycles. The highest BCUT2D eigenvalue weighted by Crippen LogP contribution is 2.16. The fourth-order valence-electron chi connectivity index (χ4n) is 7.05. The summed E-state index contributed by atoms with van der Waals surface area (Å²) in [7, 11) is 0. The van der Waals surface area contributed by atoms with Crippen molar-refractivity contribution in [2.45, 2.75) is 244 Å². The lowest BCUT2D eigenvalue weighted by Gasteiger charge is -2.24. The lowest BCUT2D eigenvalue weighted by atomic mass is 10.0. The molecule has 0 aliphatic heterocycles. The molecular weight excluding hydrogens is 731 g/mol. The van der Waals surface area contributed by atoms with Crippen molar-refractivity contribution in [1.29, 1.82) is 0 Å². The summed E-state index contributed by atoms with van der Waals surface area (Å²) in [6.45, 7) is 6.32. The van der Waals surface area contributed by atoms with E-state index in [4.69, 9.17) is 4.74 Å². The zero-order valence-electron chi connectivity index (χ0n) is 38.6. The molecule has 59 heavy (non-hydrogen) atoms. The van der Waals surface area contributed by atoms with Crippen LogP contribution >= 0.6 is 0 Å². The average Bonchev–Trinajstić information content (AvgIpc) is 3.23. The van der Waals surface area contributed by atoms with Crippen molar-refractivity contribution in [3.8, 4) is 0 Å². The molecule has 0 spiro atoms. The highest BCUT2D eigenvalue weighted by molar-refractivity contribution is 5.77. The van der Waals surface area contributed by atoms with Crippen LogP contribution in [0.1, 0.15) is 226 Å². The molecule has 0 rings (SSSR count). The van der Waals surface area contributed by atoms with Gasteiger partial charge in [0.2, 0.25) is 5.91 Å². The SMILES string of the molecule is CC/C=C\C/C=C\C/C=C\C/C=C\C/C=C\CCCC(=O)OC(CCC/C=C\CCCCCCCCC)CC(=O)NC(CO)C(O)CCCCCCCCCCCCC. The van der Waals surface area contributed by atoms with Crippen molar-refractivity contribution < 1.29 is 24.5 Å².